The van der Waals surface area contributed by atoms with E-state index in [1.54, 1.807) is 5.37 Å². The summed E-state index contributed by atoms with van der Waals surface area (Å²) in [6, 6.07) is 10.4. The van der Waals surface area contributed by atoms with Gasteiger partial charge in [0.25, 0.3) is 0 Å². The maximum absolute atomic E-state index is 4.98. The number of hydrogen-bond donors (Lipinski definition) is 1. The average Bonchev–Trinajstić information content (AvgIpc) is 2.87. The van der Waals surface area contributed by atoms with Crippen LogP contribution in [0, 0.1) is 0 Å². The molecular weight excluding hydrogens is 228 g/mol. The highest BCUT2D eigenvalue weighted by Gasteiger charge is 2.15. The van der Waals surface area contributed by atoms with Crippen LogP contribution >= 0.6 is 12.2 Å². The number of benzene rings is 1. The van der Waals surface area contributed by atoms with E-state index >= 15 is 0 Å². The van der Waals surface area contributed by atoms with Gasteiger partial charge in [0.1, 0.15) is 5.82 Å². The van der Waals surface area contributed by atoms with Crippen LogP contribution in [0.2, 0.25) is 0 Å². The van der Waals surface area contributed by atoms with Crippen LogP contribution in [0.15, 0.2) is 36.5 Å². The van der Waals surface area contributed by atoms with Crippen LogP contribution in [0.1, 0.15) is 11.1 Å². The van der Waals surface area contributed by atoms with E-state index in [2.05, 4.69) is 28.5 Å². The van der Waals surface area contributed by atoms with Crippen LogP contribution < -0.4 is 5.32 Å². The topological polar surface area (TPSA) is 24.9 Å². The largest absolute Gasteiger partial charge is 0.369 e. The summed E-state index contributed by atoms with van der Waals surface area (Å²) in [4.78, 5) is 4.35. The Hall–Kier alpha value is -1.74. The third kappa shape index (κ3) is 1.83. The molecule has 1 aliphatic rings. The van der Waals surface area contributed by atoms with Crippen molar-refractivity contribution in [2.24, 2.45) is 0 Å². The monoisotopic (exact) mass is 240 g/mol. The van der Waals surface area contributed by atoms with Gasteiger partial charge in [-0.25, -0.2) is 4.98 Å². The zero-order valence-corrected chi connectivity index (χ0v) is 10.1. The molecule has 0 amide bonds. The second-order valence-electron chi connectivity index (χ2n) is 4.11. The molecule has 1 N–H and O–H groups in total. The van der Waals surface area contributed by atoms with E-state index in [4.69, 9.17) is 12.2 Å². The molecule has 1 aromatic carbocycles. The van der Waals surface area contributed by atoms with Gasteiger partial charge in [0.15, 0.2) is 0 Å². The highest BCUT2D eigenvalue weighted by Crippen LogP contribution is 2.31. The van der Waals surface area contributed by atoms with Crippen LogP contribution in [0.4, 0.5) is 5.82 Å². The lowest BCUT2D eigenvalue weighted by molar-refractivity contribution is 1.11. The van der Waals surface area contributed by atoms with Gasteiger partial charge in [0.2, 0.25) is 0 Å². The molecule has 17 heavy (non-hydrogen) atoms. The van der Waals surface area contributed by atoms with Gasteiger partial charge in [0, 0.05) is 23.7 Å². The second kappa shape index (κ2) is 4.26. The smallest absolute Gasteiger partial charge is 0.129 e. The predicted octanol–water partition coefficient (Wildman–Crippen LogP) is 3.06. The van der Waals surface area contributed by atoms with Gasteiger partial charge in [-0.3, -0.25) is 0 Å². The van der Waals surface area contributed by atoms with Crippen molar-refractivity contribution in [3.8, 4) is 11.1 Å². The van der Waals surface area contributed by atoms with Crippen molar-refractivity contribution in [3.63, 3.8) is 0 Å². The standard InChI is InChI=1S/C14H12N2S/c17-9-10-2-1-3-11(8-10)12-4-6-15-14-13(12)5-7-16-14/h1-4,6,8-9H,5,7H2,(H,15,16). The van der Waals surface area contributed by atoms with E-state index in [9.17, 15) is 0 Å². The lowest BCUT2D eigenvalue weighted by Crippen LogP contribution is -1.92. The minimum absolute atomic E-state index is 0.978. The molecule has 0 saturated heterocycles. The molecule has 0 aliphatic carbocycles. The number of thiocarbonyl (C=S) groups is 1. The summed E-state index contributed by atoms with van der Waals surface area (Å²) < 4.78 is 0. The maximum atomic E-state index is 4.98. The number of rotatable bonds is 2. The molecule has 1 aliphatic heterocycles. The van der Waals surface area contributed by atoms with Crippen LogP contribution in [0.25, 0.3) is 11.1 Å². The average molecular weight is 240 g/mol. The molecule has 1 aromatic heterocycles. The first-order chi connectivity index (χ1) is 8.38. The minimum Gasteiger partial charge on any atom is -0.369 e. The Morgan fingerprint density at radius 3 is 3.12 bits per heavy atom. The molecular formula is C14H12N2S. The van der Waals surface area contributed by atoms with Crippen molar-refractivity contribution in [2.45, 2.75) is 6.42 Å². The van der Waals surface area contributed by atoms with Gasteiger partial charge in [0.05, 0.1) is 0 Å². The van der Waals surface area contributed by atoms with Crippen LogP contribution in [0.5, 0.6) is 0 Å². The van der Waals surface area contributed by atoms with E-state index in [1.165, 1.54) is 16.7 Å². The Morgan fingerprint density at radius 1 is 1.29 bits per heavy atom. The zero-order chi connectivity index (χ0) is 11.7. The normalized spacial score (nSPS) is 12.9. The van der Waals surface area contributed by atoms with E-state index in [-0.39, 0.29) is 0 Å². The van der Waals surface area contributed by atoms with E-state index in [0.29, 0.717) is 0 Å². The Morgan fingerprint density at radius 2 is 2.24 bits per heavy atom. The molecule has 84 valence electrons. The SMILES string of the molecule is S=Cc1cccc(-c2ccnc3c2CCN3)c1. The summed E-state index contributed by atoms with van der Waals surface area (Å²) in [5.41, 5.74) is 4.87. The van der Waals surface area contributed by atoms with Crippen LogP contribution in [-0.4, -0.2) is 16.9 Å². The third-order valence-corrected chi connectivity index (χ3v) is 3.33. The minimum atomic E-state index is 0.978. The summed E-state index contributed by atoms with van der Waals surface area (Å²) in [6.45, 7) is 0.978. The Bertz CT molecular complexity index is 578. The molecule has 2 heterocycles. The predicted molar refractivity (Wildman–Crippen MR) is 74.6 cm³/mol. The van der Waals surface area contributed by atoms with E-state index < -0.39 is 0 Å². The molecule has 0 saturated carbocycles. The summed E-state index contributed by atoms with van der Waals surface area (Å²) >= 11 is 4.98. The van der Waals surface area contributed by atoms with Crippen LogP contribution in [0.3, 0.4) is 0 Å². The van der Waals surface area contributed by atoms with Crippen molar-refractivity contribution in [3.05, 3.63) is 47.7 Å². The fourth-order valence-electron chi connectivity index (χ4n) is 2.25. The summed E-state index contributed by atoms with van der Waals surface area (Å²) in [5.74, 6) is 1.02. The molecule has 0 unspecified atom stereocenters. The van der Waals surface area contributed by atoms with Gasteiger partial charge in [-0.15, -0.1) is 0 Å². The number of anilines is 1. The van der Waals surface area contributed by atoms with Crippen molar-refractivity contribution >= 4 is 23.4 Å². The molecule has 0 fully saturated rings. The number of nitrogens with zero attached hydrogens (tertiary/aromatic N) is 1. The first-order valence-corrected chi connectivity index (χ1v) is 6.13. The number of hydrogen-bond acceptors (Lipinski definition) is 3. The zero-order valence-electron chi connectivity index (χ0n) is 9.31. The number of aromatic nitrogens is 1. The lowest BCUT2D eigenvalue weighted by Gasteiger charge is -2.07. The van der Waals surface area contributed by atoms with Crippen molar-refractivity contribution in [1.82, 2.24) is 4.98 Å². The van der Waals surface area contributed by atoms with E-state index in [0.717, 1.165) is 24.3 Å². The van der Waals surface area contributed by atoms with Gasteiger partial charge in [-0.05, 0) is 35.2 Å². The van der Waals surface area contributed by atoms with Gasteiger partial charge in [-0.1, -0.05) is 30.4 Å². The third-order valence-electron chi connectivity index (χ3n) is 3.06. The van der Waals surface area contributed by atoms with Gasteiger partial charge in [-0.2, -0.15) is 0 Å². The molecule has 2 nitrogen and oxygen atoms in total. The van der Waals surface area contributed by atoms with Crippen LogP contribution in [-0.2, 0) is 6.42 Å². The first-order valence-electron chi connectivity index (χ1n) is 5.66. The summed E-state index contributed by atoms with van der Waals surface area (Å²) in [6.07, 6.45) is 2.90. The van der Waals surface area contributed by atoms with Gasteiger partial charge < -0.3 is 5.32 Å². The Balaban J connectivity index is 2.15. The fraction of sp³-hybridized carbons (Fsp3) is 0.143. The molecule has 3 rings (SSSR count). The first kappa shape index (κ1) is 10.4. The molecule has 0 atom stereocenters. The Kier molecular flexibility index (Phi) is 2.61. The number of nitrogens with one attached hydrogen (secondary N) is 1. The highest BCUT2D eigenvalue weighted by molar-refractivity contribution is 7.79. The number of fused-ring (bicyclic) bond motifs is 1. The lowest BCUT2D eigenvalue weighted by atomic mass is 9.99. The molecule has 0 bridgehead atoms. The highest BCUT2D eigenvalue weighted by atomic mass is 32.1. The second-order valence-corrected chi connectivity index (χ2v) is 4.34. The quantitative estimate of drug-likeness (QED) is 0.817. The fourth-order valence-corrected chi connectivity index (χ4v) is 2.40. The molecule has 0 radical (unpaired) electrons. The summed E-state index contributed by atoms with van der Waals surface area (Å²) in [7, 11) is 0. The van der Waals surface area contributed by atoms with Crippen molar-refractivity contribution in [2.75, 3.05) is 11.9 Å². The molecule has 3 heteroatoms. The van der Waals surface area contributed by atoms with Crippen molar-refractivity contribution in [1.29, 1.82) is 0 Å². The Labute approximate surface area is 106 Å². The maximum Gasteiger partial charge on any atom is 0.129 e. The molecule has 0 spiro atoms. The van der Waals surface area contributed by atoms with E-state index in [1.807, 2.05) is 18.3 Å². The van der Waals surface area contributed by atoms with Crippen molar-refractivity contribution < 1.29 is 0 Å². The van der Waals surface area contributed by atoms with Gasteiger partial charge >= 0.3 is 0 Å². The number of pyridine rings is 1. The summed E-state index contributed by atoms with van der Waals surface area (Å²) in [5, 5.41) is 5.01. The molecule has 2 aromatic rings.